The highest BCUT2D eigenvalue weighted by atomic mass is 16.7. The van der Waals surface area contributed by atoms with Crippen molar-refractivity contribution in [2.24, 2.45) is 0 Å². The van der Waals surface area contributed by atoms with Crippen molar-refractivity contribution >= 4 is 10.8 Å². The molecule has 0 amide bonds. The number of para-hydroxylation sites is 1. The van der Waals surface area contributed by atoms with Crippen LogP contribution in [0.15, 0.2) is 53.3 Å². The van der Waals surface area contributed by atoms with Gasteiger partial charge in [-0.1, -0.05) is 29.8 Å². The van der Waals surface area contributed by atoms with Gasteiger partial charge in [0.2, 0.25) is 0 Å². The quantitative estimate of drug-likeness (QED) is 0.750. The zero-order valence-electron chi connectivity index (χ0n) is 12.6. The van der Waals surface area contributed by atoms with Crippen LogP contribution in [0.25, 0.3) is 22.0 Å². The van der Waals surface area contributed by atoms with Crippen molar-refractivity contribution in [3.63, 3.8) is 0 Å². The van der Waals surface area contributed by atoms with Crippen molar-refractivity contribution in [1.82, 2.24) is 4.98 Å². The lowest BCUT2D eigenvalue weighted by Crippen LogP contribution is -2.08. The van der Waals surface area contributed by atoms with Crippen LogP contribution in [0, 0.1) is 6.92 Å². The van der Waals surface area contributed by atoms with Crippen LogP contribution in [0.5, 0.6) is 5.75 Å². The maximum atomic E-state index is 12.3. The number of methoxy groups -OCH3 is 1. The molecule has 3 aromatic rings. The molecule has 0 aliphatic carbocycles. The summed E-state index contributed by atoms with van der Waals surface area (Å²) in [5.41, 5.74) is 2.58. The number of aryl methyl sites for hydroxylation is 1. The van der Waals surface area contributed by atoms with Crippen molar-refractivity contribution < 1.29 is 9.47 Å². The molecule has 22 heavy (non-hydrogen) atoms. The monoisotopic (exact) mass is 295 g/mol. The normalized spacial score (nSPS) is 10.8. The molecular weight excluding hydrogens is 278 g/mol. The fraction of sp³-hybridized carbons (Fsp3) is 0.167. The minimum absolute atomic E-state index is 0.103. The van der Waals surface area contributed by atoms with E-state index in [1.54, 1.807) is 7.11 Å². The van der Waals surface area contributed by atoms with Crippen molar-refractivity contribution in [2.45, 2.75) is 6.92 Å². The van der Waals surface area contributed by atoms with Gasteiger partial charge in [0.1, 0.15) is 5.75 Å². The third kappa shape index (κ3) is 2.73. The van der Waals surface area contributed by atoms with Crippen LogP contribution in [0.4, 0.5) is 0 Å². The summed E-state index contributed by atoms with van der Waals surface area (Å²) in [7, 11) is 1.57. The minimum atomic E-state index is -0.103. The highest BCUT2D eigenvalue weighted by molar-refractivity contribution is 5.86. The van der Waals surface area contributed by atoms with E-state index in [0.29, 0.717) is 11.1 Å². The first kappa shape index (κ1) is 14.4. The predicted octanol–water partition coefficient (Wildman–Crippen LogP) is 3.49. The molecule has 0 fully saturated rings. The summed E-state index contributed by atoms with van der Waals surface area (Å²) >= 11 is 0. The van der Waals surface area contributed by atoms with Gasteiger partial charge in [0.15, 0.2) is 6.79 Å². The molecule has 0 atom stereocenters. The molecule has 0 aliphatic heterocycles. The highest BCUT2D eigenvalue weighted by Gasteiger charge is 2.09. The second kappa shape index (κ2) is 6.03. The van der Waals surface area contributed by atoms with E-state index in [1.807, 2.05) is 55.5 Å². The number of pyridine rings is 1. The number of benzene rings is 2. The van der Waals surface area contributed by atoms with E-state index in [-0.39, 0.29) is 12.4 Å². The van der Waals surface area contributed by atoms with Crippen LogP contribution in [-0.2, 0) is 4.74 Å². The van der Waals surface area contributed by atoms with Crippen molar-refractivity contribution in [1.29, 1.82) is 0 Å². The molecule has 3 rings (SSSR count). The van der Waals surface area contributed by atoms with Gasteiger partial charge in [0.25, 0.3) is 5.56 Å². The molecule has 4 nitrogen and oxygen atoms in total. The molecule has 0 saturated heterocycles. The third-order valence-corrected chi connectivity index (χ3v) is 3.51. The number of aromatic nitrogens is 1. The summed E-state index contributed by atoms with van der Waals surface area (Å²) in [4.78, 5) is 15.2. The Labute approximate surface area is 128 Å². The summed E-state index contributed by atoms with van der Waals surface area (Å²) in [6.07, 6.45) is 0. The second-order valence-electron chi connectivity index (χ2n) is 5.15. The Morgan fingerprint density at radius 3 is 2.73 bits per heavy atom. The SMILES string of the molecule is COCOc1ccccc1-c1cc2cc(C)ccc2c(=O)[nH]1. The third-order valence-electron chi connectivity index (χ3n) is 3.51. The largest absolute Gasteiger partial charge is 0.467 e. The van der Waals surface area contributed by atoms with Gasteiger partial charge in [-0.25, -0.2) is 0 Å². The first-order chi connectivity index (χ1) is 10.7. The predicted molar refractivity (Wildman–Crippen MR) is 87.2 cm³/mol. The summed E-state index contributed by atoms with van der Waals surface area (Å²) in [6.45, 7) is 2.17. The molecule has 0 saturated carbocycles. The van der Waals surface area contributed by atoms with Crippen LogP contribution in [-0.4, -0.2) is 18.9 Å². The number of hydrogen-bond acceptors (Lipinski definition) is 3. The first-order valence-electron chi connectivity index (χ1n) is 7.04. The van der Waals surface area contributed by atoms with E-state index >= 15 is 0 Å². The Morgan fingerprint density at radius 1 is 1.09 bits per heavy atom. The average Bonchev–Trinajstić information content (AvgIpc) is 2.52. The molecule has 0 bridgehead atoms. The summed E-state index contributed by atoms with van der Waals surface area (Å²) < 4.78 is 10.5. The molecule has 0 spiro atoms. The summed E-state index contributed by atoms with van der Waals surface area (Å²) in [6, 6.07) is 15.3. The molecule has 0 unspecified atom stereocenters. The van der Waals surface area contributed by atoms with E-state index in [1.165, 1.54) is 0 Å². The van der Waals surface area contributed by atoms with Gasteiger partial charge in [-0.3, -0.25) is 4.79 Å². The number of nitrogens with one attached hydrogen (secondary N) is 1. The number of ether oxygens (including phenoxy) is 2. The summed E-state index contributed by atoms with van der Waals surface area (Å²) in [5, 5.41) is 1.60. The van der Waals surface area contributed by atoms with Crippen LogP contribution in [0.1, 0.15) is 5.56 Å². The maximum Gasteiger partial charge on any atom is 0.256 e. The van der Waals surface area contributed by atoms with Gasteiger partial charge in [-0.05, 0) is 36.6 Å². The zero-order chi connectivity index (χ0) is 15.5. The molecule has 1 heterocycles. The lowest BCUT2D eigenvalue weighted by atomic mass is 10.0. The number of aromatic amines is 1. The van der Waals surface area contributed by atoms with E-state index in [4.69, 9.17) is 9.47 Å². The van der Waals surface area contributed by atoms with Gasteiger partial charge in [0.05, 0.1) is 5.69 Å². The Morgan fingerprint density at radius 2 is 1.91 bits per heavy atom. The van der Waals surface area contributed by atoms with Gasteiger partial charge in [-0.15, -0.1) is 0 Å². The van der Waals surface area contributed by atoms with E-state index in [9.17, 15) is 4.79 Å². The number of fused-ring (bicyclic) bond motifs is 1. The molecule has 4 heteroatoms. The fourth-order valence-corrected chi connectivity index (χ4v) is 2.47. The zero-order valence-corrected chi connectivity index (χ0v) is 12.6. The standard InChI is InChI=1S/C18H17NO3/c1-12-7-8-14-13(9-12)10-16(19-18(14)20)15-5-3-4-6-17(15)22-11-21-2/h3-10H,11H2,1-2H3,(H,19,20). The summed E-state index contributed by atoms with van der Waals surface area (Å²) in [5.74, 6) is 0.673. The first-order valence-corrected chi connectivity index (χ1v) is 7.04. The Bertz CT molecular complexity index is 868. The van der Waals surface area contributed by atoms with Gasteiger partial charge >= 0.3 is 0 Å². The number of H-pyrrole nitrogens is 1. The van der Waals surface area contributed by atoms with Crippen molar-refractivity contribution in [2.75, 3.05) is 13.9 Å². The van der Waals surface area contributed by atoms with Crippen molar-refractivity contribution in [3.05, 3.63) is 64.4 Å². The second-order valence-corrected chi connectivity index (χ2v) is 5.15. The molecule has 0 aliphatic rings. The molecule has 2 aromatic carbocycles. The molecule has 112 valence electrons. The van der Waals surface area contributed by atoms with Crippen LogP contribution < -0.4 is 10.3 Å². The van der Waals surface area contributed by atoms with Gasteiger partial charge < -0.3 is 14.5 Å². The lowest BCUT2D eigenvalue weighted by Gasteiger charge is -2.11. The Kier molecular flexibility index (Phi) is 3.94. The fourth-order valence-electron chi connectivity index (χ4n) is 2.47. The lowest BCUT2D eigenvalue weighted by molar-refractivity contribution is 0.0515. The topological polar surface area (TPSA) is 51.3 Å². The Balaban J connectivity index is 2.16. The van der Waals surface area contributed by atoms with Crippen LogP contribution in [0.3, 0.4) is 0 Å². The minimum Gasteiger partial charge on any atom is -0.467 e. The Hall–Kier alpha value is -2.59. The molecule has 0 radical (unpaired) electrons. The van der Waals surface area contributed by atoms with E-state index in [0.717, 1.165) is 22.2 Å². The average molecular weight is 295 g/mol. The van der Waals surface area contributed by atoms with Crippen LogP contribution >= 0.6 is 0 Å². The highest BCUT2D eigenvalue weighted by Crippen LogP contribution is 2.29. The number of rotatable bonds is 4. The van der Waals surface area contributed by atoms with Crippen molar-refractivity contribution in [3.8, 4) is 17.0 Å². The molecule has 1 N–H and O–H groups in total. The molecular formula is C18H17NO3. The van der Waals surface area contributed by atoms with Gasteiger partial charge in [0, 0.05) is 18.1 Å². The number of hydrogen-bond donors (Lipinski definition) is 1. The molecule has 1 aromatic heterocycles. The maximum absolute atomic E-state index is 12.3. The van der Waals surface area contributed by atoms with Gasteiger partial charge in [-0.2, -0.15) is 0 Å². The van der Waals surface area contributed by atoms with E-state index < -0.39 is 0 Å². The van der Waals surface area contributed by atoms with E-state index in [2.05, 4.69) is 4.98 Å². The van der Waals surface area contributed by atoms with Crippen LogP contribution in [0.2, 0.25) is 0 Å². The smallest absolute Gasteiger partial charge is 0.256 e.